The Morgan fingerprint density at radius 3 is 2.53 bits per heavy atom. The van der Waals surface area contributed by atoms with E-state index in [-0.39, 0.29) is 17.9 Å². The van der Waals surface area contributed by atoms with Gasteiger partial charge in [-0.3, -0.25) is 9.59 Å². The highest BCUT2D eigenvalue weighted by atomic mass is 32.2. The molecule has 0 aromatic rings. The molecule has 0 aromatic carbocycles. The Labute approximate surface area is 118 Å². The van der Waals surface area contributed by atoms with Crippen LogP contribution in [-0.4, -0.2) is 48.1 Å². The van der Waals surface area contributed by atoms with Crippen LogP contribution in [0.25, 0.3) is 0 Å². The lowest BCUT2D eigenvalue weighted by Gasteiger charge is -2.16. The molecular weight excluding hydrogens is 264 g/mol. The summed E-state index contributed by atoms with van der Waals surface area (Å²) in [5.41, 5.74) is 0. The van der Waals surface area contributed by atoms with Gasteiger partial charge in [0.15, 0.2) is 0 Å². The van der Waals surface area contributed by atoms with Crippen LogP contribution >= 0.6 is 11.8 Å². The van der Waals surface area contributed by atoms with E-state index >= 15 is 0 Å². The van der Waals surface area contributed by atoms with Crippen molar-refractivity contribution in [2.24, 2.45) is 0 Å². The van der Waals surface area contributed by atoms with Crippen molar-refractivity contribution >= 4 is 23.6 Å². The SMILES string of the molecule is CCOC(=O)C(CSCC(=O)NC1CC1)NC1CC1. The predicted molar refractivity (Wildman–Crippen MR) is 75.1 cm³/mol. The van der Waals surface area contributed by atoms with Gasteiger partial charge in [-0.2, -0.15) is 0 Å². The van der Waals surface area contributed by atoms with Crippen molar-refractivity contribution in [3.63, 3.8) is 0 Å². The van der Waals surface area contributed by atoms with Crippen LogP contribution in [0.2, 0.25) is 0 Å². The minimum atomic E-state index is -0.286. The van der Waals surface area contributed by atoms with Gasteiger partial charge >= 0.3 is 5.97 Å². The Bertz CT molecular complexity index is 330. The van der Waals surface area contributed by atoms with Crippen molar-refractivity contribution in [2.45, 2.75) is 50.7 Å². The van der Waals surface area contributed by atoms with Crippen molar-refractivity contribution < 1.29 is 14.3 Å². The molecule has 1 amide bonds. The standard InChI is InChI=1S/C13H22N2O3S/c1-2-18-13(17)11(14-9-3-4-9)7-19-8-12(16)15-10-5-6-10/h9-11,14H,2-8H2,1H3,(H,15,16). The number of hydrogen-bond donors (Lipinski definition) is 2. The van der Waals surface area contributed by atoms with Gasteiger partial charge in [0.1, 0.15) is 6.04 Å². The van der Waals surface area contributed by atoms with Crippen molar-refractivity contribution in [2.75, 3.05) is 18.1 Å². The summed E-state index contributed by atoms with van der Waals surface area (Å²) in [6, 6.07) is 0.569. The second kappa shape index (κ2) is 7.14. The van der Waals surface area contributed by atoms with Crippen LogP contribution in [0.15, 0.2) is 0 Å². The Hall–Kier alpha value is -0.750. The van der Waals surface area contributed by atoms with Crippen molar-refractivity contribution in [3.8, 4) is 0 Å². The van der Waals surface area contributed by atoms with Gasteiger partial charge in [0.05, 0.1) is 12.4 Å². The lowest BCUT2D eigenvalue weighted by molar-refractivity contribution is -0.145. The van der Waals surface area contributed by atoms with Gasteiger partial charge in [0, 0.05) is 17.8 Å². The monoisotopic (exact) mass is 286 g/mol. The highest BCUT2D eigenvalue weighted by molar-refractivity contribution is 8.00. The molecule has 2 rings (SSSR count). The van der Waals surface area contributed by atoms with Gasteiger partial charge in [-0.25, -0.2) is 0 Å². The summed E-state index contributed by atoms with van der Waals surface area (Å²) in [4.78, 5) is 23.3. The minimum absolute atomic E-state index is 0.0709. The van der Waals surface area contributed by atoms with Crippen LogP contribution in [-0.2, 0) is 14.3 Å². The van der Waals surface area contributed by atoms with Crippen LogP contribution in [0.4, 0.5) is 0 Å². The van der Waals surface area contributed by atoms with E-state index < -0.39 is 0 Å². The summed E-state index contributed by atoms with van der Waals surface area (Å²) in [6.07, 6.45) is 4.46. The van der Waals surface area contributed by atoms with Crippen LogP contribution in [0, 0.1) is 0 Å². The van der Waals surface area contributed by atoms with Gasteiger partial charge in [-0.1, -0.05) is 0 Å². The molecule has 1 atom stereocenters. The van der Waals surface area contributed by atoms with E-state index in [1.54, 1.807) is 0 Å². The summed E-state index contributed by atoms with van der Waals surface area (Å²) in [5, 5.41) is 6.21. The highest BCUT2D eigenvalue weighted by Gasteiger charge is 2.29. The third-order valence-electron chi connectivity index (χ3n) is 3.05. The van der Waals surface area contributed by atoms with E-state index in [9.17, 15) is 9.59 Å². The number of rotatable bonds is 9. The second-order valence-corrected chi connectivity index (χ2v) is 6.13. The van der Waals surface area contributed by atoms with E-state index in [4.69, 9.17) is 4.74 Å². The molecule has 2 N–H and O–H groups in total. The molecule has 0 saturated heterocycles. The van der Waals surface area contributed by atoms with E-state index in [2.05, 4.69) is 10.6 Å². The van der Waals surface area contributed by atoms with Gasteiger partial charge in [0.2, 0.25) is 5.91 Å². The van der Waals surface area contributed by atoms with Gasteiger partial charge in [-0.15, -0.1) is 11.8 Å². The first-order chi connectivity index (χ1) is 9.19. The first-order valence-electron chi connectivity index (χ1n) is 6.99. The fourth-order valence-corrected chi connectivity index (χ4v) is 2.58. The Morgan fingerprint density at radius 1 is 1.26 bits per heavy atom. The maximum atomic E-state index is 11.8. The van der Waals surface area contributed by atoms with Gasteiger partial charge < -0.3 is 15.4 Å². The van der Waals surface area contributed by atoms with E-state index in [1.807, 2.05) is 6.92 Å². The number of carbonyl (C=O) groups is 2. The Balaban J connectivity index is 1.65. The van der Waals surface area contributed by atoms with E-state index in [1.165, 1.54) is 11.8 Å². The molecule has 0 spiro atoms. The topological polar surface area (TPSA) is 67.4 Å². The van der Waals surface area contributed by atoms with Crippen LogP contribution in [0.1, 0.15) is 32.6 Å². The van der Waals surface area contributed by atoms with Crippen molar-refractivity contribution in [1.82, 2.24) is 10.6 Å². The fraction of sp³-hybridized carbons (Fsp3) is 0.846. The van der Waals surface area contributed by atoms with Crippen LogP contribution < -0.4 is 10.6 Å². The summed E-state index contributed by atoms with van der Waals surface area (Å²) in [5.74, 6) is 0.873. The summed E-state index contributed by atoms with van der Waals surface area (Å²) in [7, 11) is 0. The van der Waals surface area contributed by atoms with Crippen molar-refractivity contribution in [1.29, 1.82) is 0 Å². The summed E-state index contributed by atoms with van der Waals surface area (Å²) in [6.45, 7) is 2.21. The zero-order chi connectivity index (χ0) is 13.7. The predicted octanol–water partition coefficient (Wildman–Crippen LogP) is 0.682. The number of hydrogen-bond acceptors (Lipinski definition) is 5. The number of thioether (sulfide) groups is 1. The zero-order valence-corrected chi connectivity index (χ0v) is 12.1. The molecular formula is C13H22N2O3S. The number of esters is 1. The number of amides is 1. The number of nitrogens with one attached hydrogen (secondary N) is 2. The van der Waals surface area contributed by atoms with E-state index in [0.717, 1.165) is 25.7 Å². The Kier molecular flexibility index (Phi) is 5.51. The smallest absolute Gasteiger partial charge is 0.323 e. The van der Waals surface area contributed by atoms with Gasteiger partial charge in [0.25, 0.3) is 0 Å². The zero-order valence-electron chi connectivity index (χ0n) is 11.3. The molecule has 6 heteroatoms. The molecule has 1 unspecified atom stereocenters. The summed E-state index contributed by atoms with van der Waals surface area (Å²) >= 11 is 1.49. The quantitative estimate of drug-likeness (QED) is 0.610. The Morgan fingerprint density at radius 2 is 1.95 bits per heavy atom. The molecule has 2 aliphatic carbocycles. The molecule has 0 aromatic heterocycles. The van der Waals surface area contributed by atoms with Crippen molar-refractivity contribution in [3.05, 3.63) is 0 Å². The van der Waals surface area contributed by atoms with Crippen LogP contribution in [0.5, 0.6) is 0 Å². The largest absolute Gasteiger partial charge is 0.465 e. The average molecular weight is 286 g/mol. The maximum absolute atomic E-state index is 11.8. The number of carbonyl (C=O) groups excluding carboxylic acids is 2. The van der Waals surface area contributed by atoms with Crippen LogP contribution in [0.3, 0.4) is 0 Å². The molecule has 0 aliphatic heterocycles. The normalized spacial score (nSPS) is 19.8. The molecule has 2 fully saturated rings. The van der Waals surface area contributed by atoms with E-state index in [0.29, 0.717) is 30.2 Å². The molecule has 0 radical (unpaired) electrons. The third kappa shape index (κ3) is 5.82. The third-order valence-corrected chi connectivity index (χ3v) is 4.08. The number of ether oxygens (including phenoxy) is 1. The fourth-order valence-electron chi connectivity index (χ4n) is 1.73. The molecule has 19 heavy (non-hydrogen) atoms. The second-order valence-electron chi connectivity index (χ2n) is 5.10. The highest BCUT2D eigenvalue weighted by Crippen LogP contribution is 2.21. The molecule has 0 bridgehead atoms. The minimum Gasteiger partial charge on any atom is -0.465 e. The van der Waals surface area contributed by atoms with Gasteiger partial charge in [-0.05, 0) is 32.6 Å². The molecule has 0 heterocycles. The average Bonchev–Trinajstić information content (AvgIpc) is 3.23. The maximum Gasteiger partial charge on any atom is 0.323 e. The molecule has 2 saturated carbocycles. The summed E-state index contributed by atoms with van der Waals surface area (Å²) < 4.78 is 5.05. The molecule has 2 aliphatic rings. The first kappa shape index (κ1) is 14.7. The lowest BCUT2D eigenvalue weighted by Crippen LogP contribution is -2.41. The lowest BCUT2D eigenvalue weighted by atomic mass is 10.3. The first-order valence-corrected chi connectivity index (χ1v) is 8.14. The molecule has 108 valence electrons. The molecule has 5 nitrogen and oxygen atoms in total.